The van der Waals surface area contributed by atoms with Crippen LogP contribution in [0.15, 0.2) is 86.2 Å². The highest BCUT2D eigenvalue weighted by molar-refractivity contribution is 9.10. The molecular weight excluding hydrogens is 675 g/mol. The smallest absolute Gasteiger partial charge is 0.338 e. The first kappa shape index (κ1) is 31.1. The molecule has 0 saturated heterocycles. The summed E-state index contributed by atoms with van der Waals surface area (Å²) in [6.45, 7) is 5.59. The van der Waals surface area contributed by atoms with Crippen molar-refractivity contribution in [3.8, 4) is 11.5 Å². The van der Waals surface area contributed by atoms with E-state index in [1.807, 2.05) is 42.5 Å². The third-order valence-electron chi connectivity index (χ3n) is 6.66. The van der Waals surface area contributed by atoms with Crippen LogP contribution in [0.4, 0.5) is 0 Å². The van der Waals surface area contributed by atoms with Gasteiger partial charge in [-0.25, -0.2) is 9.79 Å². The van der Waals surface area contributed by atoms with Gasteiger partial charge in [-0.05, 0) is 74.9 Å². The zero-order valence-electron chi connectivity index (χ0n) is 23.7. The zero-order chi connectivity index (χ0) is 30.8. The number of fused-ring (bicyclic) bond motifs is 1. The van der Waals surface area contributed by atoms with E-state index in [1.54, 1.807) is 52.2 Å². The molecule has 2 heterocycles. The van der Waals surface area contributed by atoms with Crippen molar-refractivity contribution in [1.82, 2.24) is 4.57 Å². The molecule has 5 rings (SSSR count). The second kappa shape index (κ2) is 13.1. The molecule has 43 heavy (non-hydrogen) atoms. The van der Waals surface area contributed by atoms with Gasteiger partial charge in [0.1, 0.15) is 24.1 Å². The molecule has 7 nitrogen and oxygen atoms in total. The van der Waals surface area contributed by atoms with E-state index in [4.69, 9.17) is 37.4 Å². The molecule has 1 aliphatic heterocycles. The fraction of sp³-hybridized carbons (Fsp3) is 0.219. The number of allylic oxidation sites excluding steroid dienone is 1. The van der Waals surface area contributed by atoms with Crippen LogP contribution in [-0.2, 0) is 16.1 Å². The number of rotatable bonds is 8. The molecule has 1 atom stereocenters. The molecular formula is C32H27BrCl2N2O5S. The van der Waals surface area contributed by atoms with Gasteiger partial charge < -0.3 is 14.2 Å². The first-order chi connectivity index (χ1) is 20.5. The summed E-state index contributed by atoms with van der Waals surface area (Å²) in [5.41, 5.74) is 2.74. The molecule has 1 aliphatic rings. The Morgan fingerprint density at radius 1 is 1.12 bits per heavy atom. The van der Waals surface area contributed by atoms with E-state index < -0.39 is 12.0 Å². The first-order valence-corrected chi connectivity index (χ1v) is 15.7. The summed E-state index contributed by atoms with van der Waals surface area (Å²) < 4.78 is 19.9. The van der Waals surface area contributed by atoms with E-state index in [2.05, 4.69) is 20.9 Å². The Kier molecular flexibility index (Phi) is 9.46. The molecule has 0 amide bonds. The summed E-state index contributed by atoms with van der Waals surface area (Å²) in [6, 6.07) is 17.3. The summed E-state index contributed by atoms with van der Waals surface area (Å²) >= 11 is 17.0. The lowest BCUT2D eigenvalue weighted by molar-refractivity contribution is -0.143. The van der Waals surface area contributed by atoms with Gasteiger partial charge in [0.15, 0.2) is 4.80 Å². The van der Waals surface area contributed by atoms with Gasteiger partial charge in [-0.1, -0.05) is 68.7 Å². The van der Waals surface area contributed by atoms with E-state index >= 15 is 0 Å². The van der Waals surface area contributed by atoms with Crippen molar-refractivity contribution in [2.75, 3.05) is 7.11 Å². The van der Waals surface area contributed by atoms with Crippen molar-refractivity contribution < 1.29 is 19.0 Å². The highest BCUT2D eigenvalue weighted by Crippen LogP contribution is 2.37. The maximum Gasteiger partial charge on any atom is 0.338 e. The number of carbonyl (C=O) groups is 1. The Hall–Kier alpha value is -3.37. The van der Waals surface area contributed by atoms with Gasteiger partial charge in [0.2, 0.25) is 0 Å². The Morgan fingerprint density at radius 2 is 1.86 bits per heavy atom. The minimum absolute atomic E-state index is 0.282. The van der Waals surface area contributed by atoms with E-state index in [1.165, 1.54) is 15.9 Å². The summed E-state index contributed by atoms with van der Waals surface area (Å²) in [5, 5.41) is 1.10. The van der Waals surface area contributed by atoms with Gasteiger partial charge in [-0.15, -0.1) is 0 Å². The second-order valence-corrected chi connectivity index (χ2v) is 12.8. The molecule has 0 saturated carbocycles. The van der Waals surface area contributed by atoms with Crippen molar-refractivity contribution in [2.24, 2.45) is 4.99 Å². The van der Waals surface area contributed by atoms with Crippen molar-refractivity contribution in [3.63, 3.8) is 0 Å². The number of aromatic nitrogens is 1. The molecule has 1 aromatic heterocycles. The SMILES string of the molecule is COc1ccc(Br)cc1[C@H]1C(C(=O)OC(C)C)=C(C)N=c2s/c(=C\c3ccc(OCc4ccc(Cl)cc4Cl)cc3)c(=O)n21. The predicted octanol–water partition coefficient (Wildman–Crippen LogP) is 6.84. The first-order valence-electron chi connectivity index (χ1n) is 13.3. The Bertz CT molecular complexity index is 1920. The fourth-order valence-corrected chi connectivity index (χ4v) is 6.57. The van der Waals surface area contributed by atoms with E-state index in [0.717, 1.165) is 15.6 Å². The lowest BCUT2D eigenvalue weighted by Gasteiger charge is -2.26. The molecule has 0 N–H and O–H groups in total. The molecule has 11 heteroatoms. The number of ether oxygens (including phenoxy) is 3. The van der Waals surface area contributed by atoms with Crippen LogP contribution in [0.2, 0.25) is 10.0 Å². The highest BCUT2D eigenvalue weighted by Gasteiger charge is 2.35. The maximum atomic E-state index is 14.0. The van der Waals surface area contributed by atoms with E-state index in [0.29, 0.717) is 42.1 Å². The van der Waals surface area contributed by atoms with Crippen LogP contribution >= 0.6 is 50.5 Å². The summed E-state index contributed by atoms with van der Waals surface area (Å²) in [6.07, 6.45) is 1.45. The van der Waals surface area contributed by atoms with Gasteiger partial charge in [0, 0.05) is 25.6 Å². The van der Waals surface area contributed by atoms with E-state index in [9.17, 15) is 9.59 Å². The van der Waals surface area contributed by atoms with Crippen LogP contribution in [-0.4, -0.2) is 23.8 Å². The number of carbonyl (C=O) groups excluding carboxylic acids is 1. The number of thiazole rings is 1. The molecule has 0 bridgehead atoms. The number of nitrogens with zero attached hydrogens (tertiary/aromatic N) is 2. The Balaban J connectivity index is 1.53. The van der Waals surface area contributed by atoms with Crippen LogP contribution in [0.1, 0.15) is 43.5 Å². The maximum absolute atomic E-state index is 14.0. The average molecular weight is 702 g/mol. The number of hydrogen-bond acceptors (Lipinski definition) is 7. The third-order valence-corrected chi connectivity index (χ3v) is 8.72. The van der Waals surface area contributed by atoms with E-state index in [-0.39, 0.29) is 23.8 Å². The van der Waals surface area contributed by atoms with Gasteiger partial charge in [-0.2, -0.15) is 0 Å². The van der Waals surface area contributed by atoms with Crippen molar-refractivity contribution in [2.45, 2.75) is 39.5 Å². The number of hydrogen-bond donors (Lipinski definition) is 0. The van der Waals surface area contributed by atoms with Gasteiger partial charge >= 0.3 is 5.97 Å². The fourth-order valence-electron chi connectivity index (χ4n) is 4.68. The molecule has 0 fully saturated rings. The standard InChI is InChI=1S/C32H27BrCl2N2O5S/c1-17(2)42-31(39)28-18(3)36-32-37(29(28)24-14-21(33)8-12-26(24)40-4)30(38)27(43-32)13-19-5-10-23(11-6-19)41-16-20-7-9-22(34)15-25(20)35/h5-15,17,29H,16H2,1-4H3/b27-13-/t29-/m0/s1. The Labute approximate surface area is 270 Å². The molecule has 0 radical (unpaired) electrons. The lowest BCUT2D eigenvalue weighted by atomic mass is 9.95. The number of esters is 1. The second-order valence-electron chi connectivity index (χ2n) is 10.0. The molecule has 4 aromatic rings. The Morgan fingerprint density at radius 3 is 2.53 bits per heavy atom. The van der Waals surface area contributed by atoms with Crippen LogP contribution in [0.5, 0.6) is 11.5 Å². The average Bonchev–Trinajstić information content (AvgIpc) is 3.26. The number of halogens is 3. The minimum Gasteiger partial charge on any atom is -0.496 e. The predicted molar refractivity (Wildman–Crippen MR) is 173 cm³/mol. The topological polar surface area (TPSA) is 79.1 Å². The van der Waals surface area contributed by atoms with Crippen LogP contribution in [0, 0.1) is 0 Å². The highest BCUT2D eigenvalue weighted by atomic mass is 79.9. The minimum atomic E-state index is -0.799. The lowest BCUT2D eigenvalue weighted by Crippen LogP contribution is -2.40. The van der Waals surface area contributed by atoms with Gasteiger partial charge in [-0.3, -0.25) is 9.36 Å². The quantitative estimate of drug-likeness (QED) is 0.188. The molecule has 222 valence electrons. The molecule has 0 aliphatic carbocycles. The van der Waals surface area contributed by atoms with Crippen LogP contribution in [0.3, 0.4) is 0 Å². The third kappa shape index (κ3) is 6.75. The van der Waals surface area contributed by atoms with Crippen LogP contribution in [0.25, 0.3) is 6.08 Å². The van der Waals surface area contributed by atoms with Gasteiger partial charge in [0.25, 0.3) is 5.56 Å². The molecule has 3 aromatic carbocycles. The number of methoxy groups -OCH3 is 1. The summed E-state index contributed by atoms with van der Waals surface area (Å²) in [7, 11) is 1.55. The molecule has 0 unspecified atom stereocenters. The van der Waals surface area contributed by atoms with Crippen molar-refractivity contribution in [1.29, 1.82) is 0 Å². The largest absolute Gasteiger partial charge is 0.496 e. The molecule has 0 spiro atoms. The van der Waals surface area contributed by atoms with Crippen LogP contribution < -0.4 is 24.4 Å². The number of benzene rings is 3. The summed E-state index contributed by atoms with van der Waals surface area (Å²) in [4.78, 5) is 32.5. The zero-order valence-corrected chi connectivity index (χ0v) is 27.6. The van der Waals surface area contributed by atoms with Crippen molar-refractivity contribution >= 4 is 62.5 Å². The monoisotopic (exact) mass is 700 g/mol. The summed E-state index contributed by atoms with van der Waals surface area (Å²) in [5.74, 6) is 0.645. The van der Waals surface area contributed by atoms with Crippen molar-refractivity contribution in [3.05, 3.63) is 123 Å². The normalized spacial score (nSPS) is 14.9. The van der Waals surface area contributed by atoms with Gasteiger partial charge in [0.05, 0.1) is 29.0 Å².